The minimum absolute atomic E-state index is 0.172. The Hall–Kier alpha value is -2.34. The Morgan fingerprint density at radius 3 is 2.77 bits per heavy atom. The number of allylic oxidation sites excluding steroid dienone is 4. The molecule has 3 nitrogen and oxygen atoms in total. The average molecular weight is 295 g/mol. The number of rotatable bonds is 2. The fourth-order valence-electron chi connectivity index (χ4n) is 2.85. The van der Waals surface area contributed by atoms with Gasteiger partial charge < -0.3 is 5.11 Å². The highest BCUT2D eigenvalue weighted by Crippen LogP contribution is 2.40. The van der Waals surface area contributed by atoms with Crippen LogP contribution >= 0.6 is 0 Å². The van der Waals surface area contributed by atoms with Gasteiger partial charge in [-0.05, 0) is 61.3 Å². The van der Waals surface area contributed by atoms with Crippen molar-refractivity contribution in [1.82, 2.24) is 4.98 Å². The Morgan fingerprint density at radius 2 is 2.18 bits per heavy atom. The molecule has 0 unspecified atom stereocenters. The van der Waals surface area contributed by atoms with Crippen LogP contribution in [0.4, 0.5) is 0 Å². The van der Waals surface area contributed by atoms with Crippen molar-refractivity contribution in [2.24, 2.45) is 5.41 Å². The molecular formula is C19H21NO2. The predicted octanol–water partition coefficient (Wildman–Crippen LogP) is 4.21. The number of aromatic nitrogens is 1. The number of hydrogen-bond acceptors (Lipinski definition) is 2. The maximum atomic E-state index is 10.7. The van der Waals surface area contributed by atoms with Crippen LogP contribution in [0, 0.1) is 17.3 Å². The summed E-state index contributed by atoms with van der Waals surface area (Å²) in [4.78, 5) is 14.8. The summed E-state index contributed by atoms with van der Waals surface area (Å²) in [5, 5.41) is 8.82. The summed E-state index contributed by atoms with van der Waals surface area (Å²) in [6.07, 6.45) is 8.91. The lowest BCUT2D eigenvalue weighted by Gasteiger charge is -2.32. The summed E-state index contributed by atoms with van der Waals surface area (Å²) < 4.78 is 0. The Morgan fingerprint density at radius 1 is 1.41 bits per heavy atom. The largest absolute Gasteiger partial charge is 0.478 e. The van der Waals surface area contributed by atoms with Crippen LogP contribution in [0.2, 0.25) is 0 Å². The molecule has 1 aliphatic rings. The number of hydrogen-bond donors (Lipinski definition) is 1. The summed E-state index contributed by atoms with van der Waals surface area (Å²) in [5.74, 6) is 4.93. The van der Waals surface area contributed by atoms with E-state index in [9.17, 15) is 4.79 Å². The van der Waals surface area contributed by atoms with Gasteiger partial charge in [-0.25, -0.2) is 9.78 Å². The van der Waals surface area contributed by atoms with Crippen LogP contribution < -0.4 is 0 Å². The van der Waals surface area contributed by atoms with Gasteiger partial charge in [-0.15, -0.1) is 0 Å². The van der Waals surface area contributed by atoms with Gasteiger partial charge in [-0.3, -0.25) is 0 Å². The lowest BCUT2D eigenvalue weighted by molar-refractivity contribution is 0.0696. The van der Waals surface area contributed by atoms with E-state index in [1.807, 2.05) is 6.08 Å². The molecule has 0 radical (unpaired) electrons. The van der Waals surface area contributed by atoms with E-state index in [0.29, 0.717) is 5.69 Å². The van der Waals surface area contributed by atoms with Gasteiger partial charge in [0, 0.05) is 6.20 Å². The third kappa shape index (κ3) is 3.85. The fourth-order valence-corrected chi connectivity index (χ4v) is 2.85. The van der Waals surface area contributed by atoms with Gasteiger partial charge in [0.2, 0.25) is 0 Å². The van der Waals surface area contributed by atoms with Crippen molar-refractivity contribution in [2.45, 2.75) is 40.0 Å². The molecule has 114 valence electrons. The Labute approximate surface area is 131 Å². The van der Waals surface area contributed by atoms with Crippen molar-refractivity contribution < 1.29 is 9.90 Å². The first-order valence-corrected chi connectivity index (χ1v) is 7.48. The third-order valence-corrected chi connectivity index (χ3v) is 4.09. The van der Waals surface area contributed by atoms with Gasteiger partial charge in [0.15, 0.2) is 0 Å². The molecule has 1 N–H and O–H groups in total. The summed E-state index contributed by atoms with van der Waals surface area (Å²) in [6.45, 7) is 6.74. The van der Waals surface area contributed by atoms with Crippen molar-refractivity contribution in [3.05, 3.63) is 52.9 Å². The Balaban J connectivity index is 2.11. The highest BCUT2D eigenvalue weighted by Gasteiger charge is 2.26. The van der Waals surface area contributed by atoms with E-state index >= 15 is 0 Å². The topological polar surface area (TPSA) is 50.2 Å². The number of pyridine rings is 1. The maximum Gasteiger partial charge on any atom is 0.337 e. The first-order valence-electron chi connectivity index (χ1n) is 7.48. The van der Waals surface area contributed by atoms with Crippen molar-refractivity contribution in [3.8, 4) is 11.8 Å². The molecule has 0 spiro atoms. The lowest BCUT2D eigenvalue weighted by atomic mass is 9.73. The van der Waals surface area contributed by atoms with Crippen LogP contribution in [0.25, 0.3) is 0 Å². The maximum absolute atomic E-state index is 10.7. The van der Waals surface area contributed by atoms with Crippen LogP contribution in [-0.2, 0) is 0 Å². The summed E-state index contributed by atoms with van der Waals surface area (Å²) >= 11 is 0. The molecule has 0 atom stereocenters. The molecule has 1 aliphatic carbocycles. The first-order chi connectivity index (χ1) is 10.4. The number of carboxylic acids is 1. The summed E-state index contributed by atoms with van der Waals surface area (Å²) in [5.41, 5.74) is 3.77. The first kappa shape index (κ1) is 16.0. The molecule has 0 bridgehead atoms. The zero-order chi connectivity index (χ0) is 16.2. The average Bonchev–Trinajstić information content (AvgIpc) is 2.46. The monoisotopic (exact) mass is 295 g/mol. The summed E-state index contributed by atoms with van der Waals surface area (Å²) in [6, 6.07) is 3.14. The van der Waals surface area contributed by atoms with E-state index in [4.69, 9.17) is 5.11 Å². The smallest absolute Gasteiger partial charge is 0.337 e. The highest BCUT2D eigenvalue weighted by atomic mass is 16.4. The molecule has 0 fully saturated rings. The molecule has 1 heterocycles. The molecule has 0 aromatic carbocycles. The molecule has 0 aliphatic heterocycles. The molecule has 0 saturated carbocycles. The second-order valence-corrected chi connectivity index (χ2v) is 6.27. The van der Waals surface area contributed by atoms with E-state index in [-0.39, 0.29) is 11.0 Å². The SMILES string of the molecule is CC1=C(/C=C/C#Cc2ccc(C(=O)O)cn2)C(C)(C)CCC1. The van der Waals surface area contributed by atoms with Gasteiger partial charge in [0.1, 0.15) is 5.69 Å². The zero-order valence-electron chi connectivity index (χ0n) is 13.3. The highest BCUT2D eigenvalue weighted by molar-refractivity contribution is 5.87. The van der Waals surface area contributed by atoms with Crippen molar-refractivity contribution in [2.75, 3.05) is 0 Å². The number of carboxylic acid groups (broad SMARTS) is 1. The second kappa shape index (κ2) is 6.62. The third-order valence-electron chi connectivity index (χ3n) is 4.09. The molecular weight excluding hydrogens is 274 g/mol. The number of nitrogens with zero attached hydrogens (tertiary/aromatic N) is 1. The van der Waals surface area contributed by atoms with Gasteiger partial charge in [-0.2, -0.15) is 0 Å². The molecule has 1 aromatic heterocycles. The Bertz CT molecular complexity index is 682. The van der Waals surface area contributed by atoms with Gasteiger partial charge in [0.05, 0.1) is 5.56 Å². The number of carbonyl (C=O) groups is 1. The minimum Gasteiger partial charge on any atom is -0.478 e. The van der Waals surface area contributed by atoms with Crippen LogP contribution in [0.15, 0.2) is 41.6 Å². The van der Waals surface area contributed by atoms with E-state index in [1.54, 1.807) is 6.07 Å². The van der Waals surface area contributed by atoms with Crippen molar-refractivity contribution >= 4 is 5.97 Å². The quantitative estimate of drug-likeness (QED) is 0.831. The van der Waals surface area contributed by atoms with Gasteiger partial charge >= 0.3 is 5.97 Å². The summed E-state index contributed by atoms with van der Waals surface area (Å²) in [7, 11) is 0. The fraction of sp³-hybridized carbons (Fsp3) is 0.368. The van der Waals surface area contributed by atoms with E-state index in [2.05, 4.69) is 43.7 Å². The van der Waals surface area contributed by atoms with E-state index in [1.165, 1.54) is 36.3 Å². The molecule has 22 heavy (non-hydrogen) atoms. The minimum atomic E-state index is -0.978. The van der Waals surface area contributed by atoms with Crippen LogP contribution in [0.5, 0.6) is 0 Å². The van der Waals surface area contributed by atoms with Crippen molar-refractivity contribution in [1.29, 1.82) is 0 Å². The van der Waals surface area contributed by atoms with Crippen LogP contribution in [0.1, 0.15) is 56.1 Å². The molecule has 3 heteroatoms. The molecule has 2 rings (SSSR count). The van der Waals surface area contributed by atoms with E-state index in [0.717, 1.165) is 6.42 Å². The van der Waals surface area contributed by atoms with Crippen molar-refractivity contribution in [3.63, 3.8) is 0 Å². The normalized spacial score (nSPS) is 17.2. The van der Waals surface area contributed by atoms with Gasteiger partial charge in [-0.1, -0.05) is 31.4 Å². The zero-order valence-corrected chi connectivity index (χ0v) is 13.3. The second-order valence-electron chi connectivity index (χ2n) is 6.27. The molecule has 0 amide bonds. The predicted molar refractivity (Wildman–Crippen MR) is 87.5 cm³/mol. The van der Waals surface area contributed by atoms with E-state index < -0.39 is 5.97 Å². The number of aromatic carboxylic acids is 1. The van der Waals surface area contributed by atoms with Crippen LogP contribution in [0.3, 0.4) is 0 Å². The molecule has 0 saturated heterocycles. The van der Waals surface area contributed by atoms with Gasteiger partial charge in [0.25, 0.3) is 0 Å². The Kier molecular flexibility index (Phi) is 4.82. The lowest BCUT2D eigenvalue weighted by Crippen LogP contribution is -2.18. The van der Waals surface area contributed by atoms with Crippen LogP contribution in [-0.4, -0.2) is 16.1 Å². The molecule has 1 aromatic rings. The standard InChI is InChI=1S/C19H21NO2/c1-14-7-6-12-19(2,3)17(14)9-5-4-8-16-11-10-15(13-20-16)18(21)22/h5,9-11,13H,6-7,12H2,1-3H3,(H,21,22)/b9-5+.